The molecular formula is C23H20N2O3. The van der Waals surface area contributed by atoms with Gasteiger partial charge in [-0.25, -0.2) is 0 Å². The first-order chi connectivity index (χ1) is 13.6. The lowest BCUT2D eigenvalue weighted by atomic mass is 9.83. The molecule has 0 saturated heterocycles. The van der Waals surface area contributed by atoms with E-state index in [1.54, 1.807) is 41.1 Å². The fourth-order valence-corrected chi connectivity index (χ4v) is 4.36. The van der Waals surface area contributed by atoms with Gasteiger partial charge in [0.1, 0.15) is 0 Å². The highest BCUT2D eigenvalue weighted by atomic mass is 16.1. The first-order valence-electron chi connectivity index (χ1n) is 9.77. The molecule has 0 fully saturated rings. The molecule has 0 unspecified atom stereocenters. The van der Waals surface area contributed by atoms with Gasteiger partial charge >= 0.3 is 0 Å². The number of carbonyl (C=O) groups is 2. The highest BCUT2D eigenvalue weighted by Gasteiger charge is 2.32. The van der Waals surface area contributed by atoms with Crippen LogP contribution in [0.4, 0.5) is 0 Å². The van der Waals surface area contributed by atoms with Gasteiger partial charge in [-0.2, -0.15) is 0 Å². The standard InChI is InChI=1S/C23H20N2O3/c26-21-15-8-4-5-9-16(15)22(27)19-17(21)10-11-18-20(19)24-25(23(18)28)13-12-14-6-2-1-3-7-14/h4-6,8-11,24H,1-3,7,12-13H2. The number of aromatic amines is 1. The average Bonchev–Trinajstić information content (AvgIpc) is 3.06. The van der Waals surface area contributed by atoms with Crippen LogP contribution in [0, 0.1) is 0 Å². The van der Waals surface area contributed by atoms with E-state index >= 15 is 0 Å². The molecule has 0 bridgehead atoms. The van der Waals surface area contributed by atoms with Crippen LogP contribution in [0.3, 0.4) is 0 Å². The van der Waals surface area contributed by atoms with E-state index in [0.717, 1.165) is 19.3 Å². The topological polar surface area (TPSA) is 71.9 Å². The number of allylic oxidation sites excluding steroid dienone is 2. The van der Waals surface area contributed by atoms with E-state index < -0.39 is 0 Å². The molecule has 0 atom stereocenters. The smallest absolute Gasteiger partial charge is 0.274 e. The number of carbonyl (C=O) groups excluding carboxylic acids is 2. The third-order valence-electron chi connectivity index (χ3n) is 5.86. The maximum absolute atomic E-state index is 13.1. The van der Waals surface area contributed by atoms with E-state index in [9.17, 15) is 14.4 Å². The summed E-state index contributed by atoms with van der Waals surface area (Å²) in [4.78, 5) is 38.8. The van der Waals surface area contributed by atoms with Crippen LogP contribution < -0.4 is 5.56 Å². The van der Waals surface area contributed by atoms with Gasteiger partial charge in [-0.05, 0) is 44.2 Å². The summed E-state index contributed by atoms with van der Waals surface area (Å²) < 4.78 is 1.57. The largest absolute Gasteiger partial charge is 0.294 e. The number of rotatable bonds is 3. The molecule has 1 N–H and O–H groups in total. The molecule has 0 radical (unpaired) electrons. The van der Waals surface area contributed by atoms with Crippen LogP contribution in [0.15, 0.2) is 52.8 Å². The third kappa shape index (κ3) is 2.50. The zero-order valence-electron chi connectivity index (χ0n) is 15.5. The van der Waals surface area contributed by atoms with E-state index in [0.29, 0.717) is 39.7 Å². The highest BCUT2D eigenvalue weighted by Crippen LogP contribution is 2.31. The summed E-state index contributed by atoms with van der Waals surface area (Å²) >= 11 is 0. The van der Waals surface area contributed by atoms with E-state index in [2.05, 4.69) is 11.2 Å². The number of H-pyrrole nitrogens is 1. The van der Waals surface area contributed by atoms with Crippen molar-refractivity contribution in [1.29, 1.82) is 0 Å². The number of ketones is 2. The van der Waals surface area contributed by atoms with Crippen LogP contribution in [0.1, 0.15) is 63.9 Å². The highest BCUT2D eigenvalue weighted by molar-refractivity contribution is 6.31. The SMILES string of the molecule is O=C1c2ccccc2C(=O)c2c1ccc1c(=O)n(CCC3=CCCCC3)[nH]c21. The normalized spacial score (nSPS) is 16.1. The van der Waals surface area contributed by atoms with Crippen molar-refractivity contribution < 1.29 is 9.59 Å². The van der Waals surface area contributed by atoms with Gasteiger partial charge in [0.05, 0.1) is 16.5 Å². The van der Waals surface area contributed by atoms with Crippen LogP contribution in [0.25, 0.3) is 10.9 Å². The molecule has 0 spiro atoms. The first-order valence-corrected chi connectivity index (χ1v) is 9.77. The lowest BCUT2D eigenvalue weighted by Crippen LogP contribution is -2.21. The molecule has 28 heavy (non-hydrogen) atoms. The van der Waals surface area contributed by atoms with Crippen molar-refractivity contribution in [3.63, 3.8) is 0 Å². The van der Waals surface area contributed by atoms with Crippen molar-refractivity contribution in [2.75, 3.05) is 0 Å². The van der Waals surface area contributed by atoms with E-state index in [4.69, 9.17) is 0 Å². The number of nitrogens with one attached hydrogen (secondary N) is 1. The third-order valence-corrected chi connectivity index (χ3v) is 5.86. The second-order valence-electron chi connectivity index (χ2n) is 7.54. The molecule has 2 aromatic carbocycles. The molecule has 2 aliphatic rings. The number of aryl methyl sites for hydroxylation is 1. The Morgan fingerprint density at radius 3 is 2.43 bits per heavy atom. The summed E-state index contributed by atoms with van der Waals surface area (Å²) in [5, 5.41) is 3.57. The molecule has 0 amide bonds. The summed E-state index contributed by atoms with van der Waals surface area (Å²) in [5.41, 5.74) is 3.20. The summed E-state index contributed by atoms with van der Waals surface area (Å²) in [7, 11) is 0. The minimum Gasteiger partial charge on any atom is -0.294 e. The summed E-state index contributed by atoms with van der Waals surface area (Å²) in [6.45, 7) is 0.548. The van der Waals surface area contributed by atoms with Gasteiger partial charge in [0.2, 0.25) is 0 Å². The van der Waals surface area contributed by atoms with E-state index in [1.165, 1.54) is 18.4 Å². The van der Waals surface area contributed by atoms with Crippen molar-refractivity contribution in [3.05, 3.63) is 80.7 Å². The zero-order chi connectivity index (χ0) is 19.3. The molecule has 5 rings (SSSR count). The molecule has 140 valence electrons. The van der Waals surface area contributed by atoms with Gasteiger partial charge < -0.3 is 0 Å². The minimum absolute atomic E-state index is 0.145. The Labute approximate surface area is 161 Å². The molecule has 0 saturated carbocycles. The number of benzene rings is 2. The molecule has 2 aliphatic carbocycles. The maximum Gasteiger partial charge on any atom is 0.274 e. The van der Waals surface area contributed by atoms with Crippen molar-refractivity contribution >= 4 is 22.5 Å². The lowest BCUT2D eigenvalue weighted by Gasteiger charge is -2.17. The number of nitrogens with zero attached hydrogens (tertiary/aromatic N) is 1. The second-order valence-corrected chi connectivity index (χ2v) is 7.54. The van der Waals surface area contributed by atoms with Gasteiger partial charge in [0, 0.05) is 23.2 Å². The molecular weight excluding hydrogens is 352 g/mol. The van der Waals surface area contributed by atoms with Gasteiger partial charge in [-0.1, -0.05) is 35.9 Å². The monoisotopic (exact) mass is 372 g/mol. The fourth-order valence-electron chi connectivity index (χ4n) is 4.36. The van der Waals surface area contributed by atoms with Gasteiger partial charge in [0.25, 0.3) is 5.56 Å². The molecule has 3 aromatic rings. The Balaban J connectivity index is 1.60. The zero-order valence-corrected chi connectivity index (χ0v) is 15.5. The molecule has 5 nitrogen and oxygen atoms in total. The molecule has 5 heteroatoms. The second kappa shape index (κ2) is 6.44. The number of hydrogen-bond donors (Lipinski definition) is 1. The van der Waals surface area contributed by atoms with Crippen molar-refractivity contribution in [3.8, 4) is 0 Å². The summed E-state index contributed by atoms with van der Waals surface area (Å²) in [5.74, 6) is -0.382. The van der Waals surface area contributed by atoms with Crippen molar-refractivity contribution in [2.24, 2.45) is 0 Å². The predicted octanol–water partition coefficient (Wildman–Crippen LogP) is 4.00. The first kappa shape index (κ1) is 16.9. The quantitative estimate of drug-likeness (QED) is 0.553. The van der Waals surface area contributed by atoms with Crippen LogP contribution in [0.2, 0.25) is 0 Å². The Kier molecular flexibility index (Phi) is 3.90. The van der Waals surface area contributed by atoms with Gasteiger partial charge in [-0.3, -0.25) is 24.2 Å². The molecule has 0 aliphatic heterocycles. The van der Waals surface area contributed by atoms with Crippen LogP contribution in [-0.2, 0) is 6.54 Å². The summed E-state index contributed by atoms with van der Waals surface area (Å²) in [6.07, 6.45) is 7.74. The molecule has 1 aromatic heterocycles. The van der Waals surface area contributed by atoms with E-state index in [-0.39, 0.29) is 17.1 Å². The Bertz CT molecular complexity index is 1230. The number of hydrogen-bond acceptors (Lipinski definition) is 3. The average molecular weight is 372 g/mol. The van der Waals surface area contributed by atoms with Crippen LogP contribution in [-0.4, -0.2) is 21.3 Å². The fraction of sp³-hybridized carbons (Fsp3) is 0.261. The Morgan fingerprint density at radius 2 is 1.68 bits per heavy atom. The Morgan fingerprint density at radius 1 is 0.893 bits per heavy atom. The van der Waals surface area contributed by atoms with Gasteiger partial charge in [0.15, 0.2) is 11.6 Å². The predicted molar refractivity (Wildman–Crippen MR) is 107 cm³/mol. The number of aromatic nitrogens is 2. The van der Waals surface area contributed by atoms with Gasteiger partial charge in [-0.15, -0.1) is 0 Å². The Hall–Kier alpha value is -3.21. The van der Waals surface area contributed by atoms with Crippen LogP contribution in [0.5, 0.6) is 0 Å². The maximum atomic E-state index is 13.1. The van der Waals surface area contributed by atoms with Crippen molar-refractivity contribution in [1.82, 2.24) is 9.78 Å². The minimum atomic E-state index is -0.209. The lowest BCUT2D eigenvalue weighted by molar-refractivity contribution is 0.0980. The number of fused-ring (bicyclic) bond motifs is 4. The summed E-state index contributed by atoms with van der Waals surface area (Å²) in [6, 6.07) is 10.1. The van der Waals surface area contributed by atoms with Crippen molar-refractivity contribution in [2.45, 2.75) is 38.6 Å². The van der Waals surface area contributed by atoms with Crippen LogP contribution >= 0.6 is 0 Å². The van der Waals surface area contributed by atoms with E-state index in [1.807, 2.05) is 0 Å². The molecule has 1 heterocycles.